The summed E-state index contributed by atoms with van der Waals surface area (Å²) in [6, 6.07) is 10.0. The number of hydrogen-bond acceptors (Lipinski definition) is 2. The van der Waals surface area contributed by atoms with Crippen LogP contribution >= 0.6 is 0 Å². The second-order valence-corrected chi connectivity index (χ2v) is 6.04. The van der Waals surface area contributed by atoms with Gasteiger partial charge in [0.25, 0.3) is 0 Å². The minimum atomic E-state index is -3.74. The fraction of sp³-hybridized carbons (Fsp3) is 0.143. The summed E-state index contributed by atoms with van der Waals surface area (Å²) in [7, 11) is -3.74. The molecule has 0 heterocycles. The molecule has 6 heteroatoms. The van der Waals surface area contributed by atoms with Gasteiger partial charge in [0, 0.05) is 17.7 Å². The zero-order valence-electron chi connectivity index (χ0n) is 10.7. The van der Waals surface area contributed by atoms with Gasteiger partial charge < -0.3 is 0 Å². The van der Waals surface area contributed by atoms with Gasteiger partial charge in [-0.25, -0.2) is 21.9 Å². The molecule has 20 heavy (non-hydrogen) atoms. The Morgan fingerprint density at radius 3 is 2.30 bits per heavy atom. The van der Waals surface area contributed by atoms with Crippen molar-refractivity contribution in [3.63, 3.8) is 0 Å². The van der Waals surface area contributed by atoms with E-state index < -0.39 is 27.7 Å². The maximum absolute atomic E-state index is 13.6. The van der Waals surface area contributed by atoms with E-state index in [9.17, 15) is 17.2 Å². The Balaban J connectivity index is 2.25. The molecule has 0 amide bonds. The SMILES string of the molecule is CC(NS(=O)(=O)c1ccccc1)c1ccc(F)cc1F. The molecule has 0 radical (unpaired) electrons. The van der Waals surface area contributed by atoms with Crippen LogP contribution in [0.15, 0.2) is 53.4 Å². The van der Waals surface area contributed by atoms with Crippen LogP contribution < -0.4 is 4.72 Å². The van der Waals surface area contributed by atoms with Gasteiger partial charge in [0.15, 0.2) is 0 Å². The summed E-state index contributed by atoms with van der Waals surface area (Å²) in [5, 5.41) is 0. The monoisotopic (exact) mass is 297 g/mol. The predicted molar refractivity (Wildman–Crippen MR) is 71.5 cm³/mol. The molecule has 0 aliphatic rings. The largest absolute Gasteiger partial charge is 0.241 e. The third-order valence-electron chi connectivity index (χ3n) is 2.81. The van der Waals surface area contributed by atoms with Crippen molar-refractivity contribution < 1.29 is 17.2 Å². The second kappa shape index (κ2) is 5.68. The lowest BCUT2D eigenvalue weighted by molar-refractivity contribution is 0.540. The summed E-state index contributed by atoms with van der Waals surface area (Å²) in [6.45, 7) is 1.50. The van der Waals surface area contributed by atoms with Gasteiger partial charge in [-0.1, -0.05) is 24.3 Å². The molecular formula is C14H13F2NO2S. The minimum absolute atomic E-state index is 0.0888. The van der Waals surface area contributed by atoms with Gasteiger partial charge in [-0.05, 0) is 25.1 Å². The zero-order chi connectivity index (χ0) is 14.8. The lowest BCUT2D eigenvalue weighted by atomic mass is 10.1. The molecule has 2 aromatic carbocycles. The van der Waals surface area contributed by atoms with Crippen LogP contribution in [0.3, 0.4) is 0 Å². The molecule has 0 bridgehead atoms. The fourth-order valence-electron chi connectivity index (χ4n) is 1.82. The van der Waals surface area contributed by atoms with Gasteiger partial charge in [-0.2, -0.15) is 0 Å². The molecule has 0 aromatic heterocycles. The normalized spacial score (nSPS) is 13.2. The predicted octanol–water partition coefficient (Wildman–Crippen LogP) is 3.00. The molecule has 3 nitrogen and oxygen atoms in total. The molecule has 1 N–H and O–H groups in total. The Bertz CT molecular complexity index is 702. The van der Waals surface area contributed by atoms with Crippen LogP contribution in [0.2, 0.25) is 0 Å². The second-order valence-electron chi connectivity index (χ2n) is 4.32. The van der Waals surface area contributed by atoms with E-state index in [4.69, 9.17) is 0 Å². The van der Waals surface area contributed by atoms with Crippen molar-refractivity contribution >= 4 is 10.0 Å². The smallest absolute Gasteiger partial charge is 0.207 e. The van der Waals surface area contributed by atoms with E-state index in [2.05, 4.69) is 4.72 Å². The van der Waals surface area contributed by atoms with Crippen LogP contribution in [-0.2, 0) is 10.0 Å². The topological polar surface area (TPSA) is 46.2 Å². The first-order valence-corrected chi connectivity index (χ1v) is 7.41. The first-order valence-electron chi connectivity index (χ1n) is 5.92. The zero-order valence-corrected chi connectivity index (χ0v) is 11.5. The Morgan fingerprint density at radius 2 is 1.70 bits per heavy atom. The fourth-order valence-corrected chi connectivity index (χ4v) is 3.06. The number of rotatable bonds is 4. The maximum atomic E-state index is 13.6. The summed E-state index contributed by atoms with van der Waals surface area (Å²) < 4.78 is 53.0. The van der Waals surface area contributed by atoms with E-state index in [0.29, 0.717) is 0 Å². The van der Waals surface area contributed by atoms with Gasteiger partial charge in [0.1, 0.15) is 11.6 Å². The first kappa shape index (κ1) is 14.6. The molecule has 0 saturated heterocycles. The van der Waals surface area contributed by atoms with Crippen LogP contribution in [0.1, 0.15) is 18.5 Å². The summed E-state index contributed by atoms with van der Waals surface area (Å²) >= 11 is 0. The van der Waals surface area contributed by atoms with E-state index in [1.54, 1.807) is 18.2 Å². The molecular weight excluding hydrogens is 284 g/mol. The lowest BCUT2D eigenvalue weighted by Gasteiger charge is -2.15. The lowest BCUT2D eigenvalue weighted by Crippen LogP contribution is -2.27. The molecule has 1 unspecified atom stereocenters. The molecule has 0 saturated carbocycles. The van der Waals surface area contributed by atoms with Gasteiger partial charge >= 0.3 is 0 Å². The molecule has 0 aliphatic heterocycles. The Kier molecular flexibility index (Phi) is 4.15. The number of hydrogen-bond donors (Lipinski definition) is 1. The highest BCUT2D eigenvalue weighted by molar-refractivity contribution is 7.89. The Hall–Kier alpha value is -1.79. The molecule has 2 rings (SSSR count). The number of halogens is 2. The van der Waals surface area contributed by atoms with E-state index in [1.165, 1.54) is 25.1 Å². The highest BCUT2D eigenvalue weighted by Gasteiger charge is 2.20. The van der Waals surface area contributed by atoms with Gasteiger partial charge in [-0.15, -0.1) is 0 Å². The maximum Gasteiger partial charge on any atom is 0.241 e. The van der Waals surface area contributed by atoms with E-state index >= 15 is 0 Å². The first-order chi connectivity index (χ1) is 9.40. The highest BCUT2D eigenvalue weighted by atomic mass is 32.2. The molecule has 1 atom stereocenters. The van der Waals surface area contributed by atoms with E-state index in [1.807, 2.05) is 0 Å². The number of sulfonamides is 1. The highest BCUT2D eigenvalue weighted by Crippen LogP contribution is 2.20. The van der Waals surface area contributed by atoms with E-state index in [-0.39, 0.29) is 10.5 Å². The number of benzene rings is 2. The molecule has 0 aliphatic carbocycles. The standard InChI is InChI=1S/C14H13F2NO2S/c1-10(13-8-7-11(15)9-14(13)16)17-20(18,19)12-5-3-2-4-6-12/h2-10,17H,1H3. The van der Waals surface area contributed by atoms with Gasteiger partial charge in [0.2, 0.25) is 10.0 Å². The minimum Gasteiger partial charge on any atom is -0.207 e. The molecule has 106 valence electrons. The molecule has 0 fully saturated rings. The Labute approximate surface area is 116 Å². The van der Waals surface area contributed by atoms with Crippen molar-refractivity contribution in [2.45, 2.75) is 17.9 Å². The van der Waals surface area contributed by atoms with Crippen LogP contribution in [0, 0.1) is 11.6 Å². The number of nitrogens with one attached hydrogen (secondary N) is 1. The molecule has 0 spiro atoms. The molecule has 2 aromatic rings. The quantitative estimate of drug-likeness (QED) is 0.943. The van der Waals surface area contributed by atoms with Crippen LogP contribution in [0.5, 0.6) is 0 Å². The van der Waals surface area contributed by atoms with Crippen molar-refractivity contribution in [2.24, 2.45) is 0 Å². The van der Waals surface area contributed by atoms with Crippen molar-refractivity contribution in [2.75, 3.05) is 0 Å². The van der Waals surface area contributed by atoms with Crippen molar-refractivity contribution in [1.82, 2.24) is 4.72 Å². The van der Waals surface area contributed by atoms with Crippen molar-refractivity contribution in [1.29, 1.82) is 0 Å². The average Bonchev–Trinajstić information content (AvgIpc) is 2.39. The van der Waals surface area contributed by atoms with Crippen molar-refractivity contribution in [3.8, 4) is 0 Å². The third kappa shape index (κ3) is 3.20. The third-order valence-corrected chi connectivity index (χ3v) is 4.37. The van der Waals surface area contributed by atoms with Crippen LogP contribution in [0.25, 0.3) is 0 Å². The summed E-state index contributed by atoms with van der Waals surface area (Å²) in [5.74, 6) is -1.49. The van der Waals surface area contributed by atoms with Crippen molar-refractivity contribution in [3.05, 3.63) is 65.7 Å². The van der Waals surface area contributed by atoms with Gasteiger partial charge in [-0.3, -0.25) is 0 Å². The Morgan fingerprint density at radius 1 is 1.05 bits per heavy atom. The van der Waals surface area contributed by atoms with Gasteiger partial charge in [0.05, 0.1) is 4.90 Å². The van der Waals surface area contributed by atoms with Crippen LogP contribution in [-0.4, -0.2) is 8.42 Å². The average molecular weight is 297 g/mol. The van der Waals surface area contributed by atoms with Crippen LogP contribution in [0.4, 0.5) is 8.78 Å². The summed E-state index contributed by atoms with van der Waals surface area (Å²) in [6.07, 6.45) is 0. The summed E-state index contributed by atoms with van der Waals surface area (Å²) in [4.78, 5) is 0.0920. The van der Waals surface area contributed by atoms with E-state index in [0.717, 1.165) is 12.1 Å². The summed E-state index contributed by atoms with van der Waals surface area (Å²) in [5.41, 5.74) is 0.0888.